The van der Waals surface area contributed by atoms with Gasteiger partial charge in [-0.1, -0.05) is 146 Å². The van der Waals surface area contributed by atoms with Crippen molar-refractivity contribution in [3.63, 3.8) is 0 Å². The molecule has 10 aromatic rings. The number of hydrogen-bond acceptors (Lipinski definition) is 2. The lowest BCUT2D eigenvalue weighted by Crippen LogP contribution is -2.10. The highest BCUT2D eigenvalue weighted by Gasteiger charge is 2.16. The van der Waals surface area contributed by atoms with Gasteiger partial charge < -0.3 is 4.90 Å². The summed E-state index contributed by atoms with van der Waals surface area (Å²) < 4.78 is 2.61. The lowest BCUT2D eigenvalue weighted by molar-refractivity contribution is 1.29. The van der Waals surface area contributed by atoms with Crippen LogP contribution in [0.1, 0.15) is 0 Å². The van der Waals surface area contributed by atoms with Gasteiger partial charge in [-0.25, -0.2) is 0 Å². The van der Waals surface area contributed by atoms with E-state index in [0.717, 1.165) is 17.1 Å². The molecule has 0 spiro atoms. The standard InChI is InChI=1S/C52H35NS/c1-2-11-36(12-3-1)40-15-8-17-42(31-40)44-19-10-20-47(34-44)53(48-29-30-52-50(35-48)49-21-6-7-22-51(49)54-52)46-27-25-38(26-28-46)41-16-9-18-43(32-41)45-24-23-37-13-4-5-14-39(37)33-45/h1-35H. The van der Waals surface area contributed by atoms with Gasteiger partial charge in [0, 0.05) is 37.2 Å². The monoisotopic (exact) mass is 705 g/mol. The predicted octanol–water partition coefficient (Wildman–Crippen LogP) is 15.3. The first-order valence-electron chi connectivity index (χ1n) is 18.4. The maximum atomic E-state index is 2.39. The van der Waals surface area contributed by atoms with Crippen molar-refractivity contribution in [3.8, 4) is 44.5 Å². The molecule has 1 aromatic heterocycles. The minimum Gasteiger partial charge on any atom is -0.310 e. The minimum atomic E-state index is 1.11. The smallest absolute Gasteiger partial charge is 0.0468 e. The second-order valence-electron chi connectivity index (χ2n) is 13.8. The highest BCUT2D eigenvalue weighted by Crippen LogP contribution is 2.42. The summed E-state index contributed by atoms with van der Waals surface area (Å²) >= 11 is 1.85. The number of hydrogen-bond donors (Lipinski definition) is 0. The number of benzene rings is 9. The number of anilines is 3. The molecule has 0 N–H and O–H groups in total. The van der Waals surface area contributed by atoms with Crippen LogP contribution >= 0.6 is 11.3 Å². The average Bonchev–Trinajstić information content (AvgIpc) is 3.62. The summed E-state index contributed by atoms with van der Waals surface area (Å²) in [5.41, 5.74) is 13.0. The summed E-state index contributed by atoms with van der Waals surface area (Å²) in [6.07, 6.45) is 0. The first-order valence-corrected chi connectivity index (χ1v) is 19.2. The second-order valence-corrected chi connectivity index (χ2v) is 14.9. The number of nitrogens with zero attached hydrogens (tertiary/aromatic N) is 1. The van der Waals surface area contributed by atoms with E-state index in [1.807, 2.05) is 11.3 Å². The molecule has 0 aliphatic carbocycles. The highest BCUT2D eigenvalue weighted by atomic mass is 32.1. The molecule has 0 fully saturated rings. The fourth-order valence-corrected chi connectivity index (χ4v) is 8.77. The van der Waals surface area contributed by atoms with Crippen LogP contribution < -0.4 is 4.90 Å². The average molecular weight is 706 g/mol. The van der Waals surface area contributed by atoms with Gasteiger partial charge >= 0.3 is 0 Å². The van der Waals surface area contributed by atoms with E-state index in [1.165, 1.54) is 75.5 Å². The fourth-order valence-electron chi connectivity index (χ4n) is 7.68. The molecule has 0 saturated carbocycles. The third kappa shape index (κ3) is 6.03. The Hall–Kier alpha value is -6.74. The molecule has 1 nitrogen and oxygen atoms in total. The predicted molar refractivity (Wildman–Crippen MR) is 233 cm³/mol. The van der Waals surface area contributed by atoms with E-state index in [4.69, 9.17) is 0 Å². The Morgan fingerprint density at radius 3 is 1.52 bits per heavy atom. The van der Waals surface area contributed by atoms with Crippen molar-refractivity contribution < 1.29 is 0 Å². The first-order chi connectivity index (χ1) is 26.7. The molecular weight excluding hydrogens is 671 g/mol. The van der Waals surface area contributed by atoms with E-state index in [0.29, 0.717) is 0 Å². The van der Waals surface area contributed by atoms with Crippen molar-refractivity contribution in [1.82, 2.24) is 0 Å². The van der Waals surface area contributed by atoms with E-state index < -0.39 is 0 Å². The summed E-state index contributed by atoms with van der Waals surface area (Å²) in [7, 11) is 0. The fraction of sp³-hybridized carbons (Fsp3) is 0. The molecule has 254 valence electrons. The molecule has 0 saturated heterocycles. The normalized spacial score (nSPS) is 11.3. The molecule has 9 aromatic carbocycles. The number of fused-ring (bicyclic) bond motifs is 4. The minimum absolute atomic E-state index is 1.11. The first kappa shape index (κ1) is 32.0. The van der Waals surface area contributed by atoms with Crippen LogP contribution in [0.3, 0.4) is 0 Å². The van der Waals surface area contributed by atoms with E-state index in [2.05, 4.69) is 217 Å². The van der Waals surface area contributed by atoms with Crippen molar-refractivity contribution >= 4 is 59.3 Å². The Morgan fingerprint density at radius 1 is 0.259 bits per heavy atom. The summed E-state index contributed by atoms with van der Waals surface area (Å²) in [5.74, 6) is 0. The number of thiophene rings is 1. The van der Waals surface area contributed by atoms with Crippen molar-refractivity contribution in [2.24, 2.45) is 0 Å². The maximum Gasteiger partial charge on any atom is 0.0468 e. The van der Waals surface area contributed by atoms with E-state index in [9.17, 15) is 0 Å². The zero-order valence-electron chi connectivity index (χ0n) is 29.6. The van der Waals surface area contributed by atoms with Crippen LogP contribution in [0.25, 0.3) is 75.5 Å². The summed E-state index contributed by atoms with van der Waals surface area (Å²) in [4.78, 5) is 2.39. The molecule has 54 heavy (non-hydrogen) atoms. The van der Waals surface area contributed by atoms with Crippen LogP contribution in [0.4, 0.5) is 17.1 Å². The van der Waals surface area contributed by atoms with Crippen LogP contribution in [-0.4, -0.2) is 0 Å². The molecule has 0 atom stereocenters. The van der Waals surface area contributed by atoms with Gasteiger partial charge in [0.05, 0.1) is 0 Å². The molecule has 0 unspecified atom stereocenters. The molecule has 2 heteroatoms. The Labute approximate surface area is 319 Å². The molecule has 1 heterocycles. The Kier molecular flexibility index (Phi) is 8.09. The Bertz CT molecular complexity index is 2940. The van der Waals surface area contributed by atoms with E-state index in [1.54, 1.807) is 0 Å². The van der Waals surface area contributed by atoms with Crippen LogP contribution in [0, 0.1) is 0 Å². The SMILES string of the molecule is c1ccc(-c2cccc(-c3cccc(N(c4ccc(-c5cccc(-c6ccc7ccccc7c6)c5)cc4)c4ccc5sc6ccccc6c5c4)c3)c2)cc1. The third-order valence-electron chi connectivity index (χ3n) is 10.4. The molecule has 0 aliphatic heterocycles. The molecular formula is C52H35NS. The van der Waals surface area contributed by atoms with Gasteiger partial charge in [0.15, 0.2) is 0 Å². The van der Waals surface area contributed by atoms with Gasteiger partial charge in [0.2, 0.25) is 0 Å². The lowest BCUT2D eigenvalue weighted by atomic mass is 9.97. The molecule has 0 amide bonds. The van der Waals surface area contributed by atoms with Crippen molar-refractivity contribution in [1.29, 1.82) is 0 Å². The molecule has 0 bridgehead atoms. The molecule has 0 aliphatic rings. The van der Waals surface area contributed by atoms with Gasteiger partial charge in [-0.15, -0.1) is 11.3 Å². The van der Waals surface area contributed by atoms with Gasteiger partial charge in [0.1, 0.15) is 0 Å². The second kappa shape index (κ2) is 13.7. The lowest BCUT2D eigenvalue weighted by Gasteiger charge is -2.26. The molecule has 0 radical (unpaired) electrons. The summed E-state index contributed by atoms with van der Waals surface area (Å²) in [5, 5.41) is 5.10. The zero-order valence-corrected chi connectivity index (χ0v) is 30.4. The van der Waals surface area contributed by atoms with Gasteiger partial charge in [-0.2, -0.15) is 0 Å². The van der Waals surface area contributed by atoms with Crippen molar-refractivity contribution in [2.75, 3.05) is 4.90 Å². The van der Waals surface area contributed by atoms with Gasteiger partial charge in [-0.05, 0) is 122 Å². The van der Waals surface area contributed by atoms with Crippen LogP contribution in [-0.2, 0) is 0 Å². The Morgan fingerprint density at radius 2 is 0.759 bits per heavy atom. The quantitative estimate of drug-likeness (QED) is 0.160. The summed E-state index contributed by atoms with van der Waals surface area (Å²) in [6, 6.07) is 77.2. The van der Waals surface area contributed by atoms with Crippen molar-refractivity contribution in [3.05, 3.63) is 212 Å². The molecule has 10 rings (SSSR count). The topological polar surface area (TPSA) is 3.24 Å². The van der Waals surface area contributed by atoms with Gasteiger partial charge in [0.25, 0.3) is 0 Å². The van der Waals surface area contributed by atoms with Crippen LogP contribution in [0.5, 0.6) is 0 Å². The van der Waals surface area contributed by atoms with Crippen LogP contribution in [0.15, 0.2) is 212 Å². The zero-order chi connectivity index (χ0) is 35.8. The highest BCUT2D eigenvalue weighted by molar-refractivity contribution is 7.25. The maximum absolute atomic E-state index is 2.39. The van der Waals surface area contributed by atoms with E-state index in [-0.39, 0.29) is 0 Å². The Balaban J connectivity index is 1.05. The van der Waals surface area contributed by atoms with Crippen LogP contribution in [0.2, 0.25) is 0 Å². The van der Waals surface area contributed by atoms with Gasteiger partial charge in [-0.3, -0.25) is 0 Å². The number of rotatable bonds is 7. The third-order valence-corrected chi connectivity index (χ3v) is 11.6. The summed E-state index contributed by atoms with van der Waals surface area (Å²) in [6.45, 7) is 0. The largest absolute Gasteiger partial charge is 0.310 e. The van der Waals surface area contributed by atoms with E-state index >= 15 is 0 Å². The van der Waals surface area contributed by atoms with Crippen molar-refractivity contribution in [2.45, 2.75) is 0 Å².